The second-order valence-electron chi connectivity index (χ2n) is 4.21. The molecular formula is C15H17NOS. The molecule has 2 rings (SSSR count). The van der Waals surface area contributed by atoms with Crippen molar-refractivity contribution in [2.24, 2.45) is 0 Å². The third kappa shape index (κ3) is 3.70. The quantitative estimate of drug-likeness (QED) is 0.839. The second-order valence-corrected chi connectivity index (χ2v) is 5.78. The van der Waals surface area contributed by atoms with Gasteiger partial charge in [0.05, 0.1) is 10.8 Å². The van der Waals surface area contributed by atoms with Gasteiger partial charge in [-0.1, -0.05) is 30.3 Å². The summed E-state index contributed by atoms with van der Waals surface area (Å²) in [7, 11) is -0.921. The minimum atomic E-state index is -0.921. The Morgan fingerprint density at radius 2 is 1.61 bits per heavy atom. The second kappa shape index (κ2) is 6.36. The van der Waals surface area contributed by atoms with E-state index in [9.17, 15) is 4.21 Å². The fraction of sp³-hybridized carbons (Fsp3) is 0.200. The van der Waals surface area contributed by atoms with Crippen LogP contribution in [0.1, 0.15) is 12.0 Å². The van der Waals surface area contributed by atoms with Crippen LogP contribution in [-0.4, -0.2) is 9.96 Å². The Morgan fingerprint density at radius 1 is 0.944 bits per heavy atom. The number of aryl methyl sites for hydroxylation is 1. The Morgan fingerprint density at radius 3 is 2.28 bits per heavy atom. The first-order chi connectivity index (χ1) is 8.75. The van der Waals surface area contributed by atoms with Gasteiger partial charge >= 0.3 is 0 Å². The summed E-state index contributed by atoms with van der Waals surface area (Å²) in [4.78, 5) is 0.859. The fourth-order valence-electron chi connectivity index (χ4n) is 1.79. The summed E-state index contributed by atoms with van der Waals surface area (Å²) in [5.74, 6) is 0.693. The van der Waals surface area contributed by atoms with Crippen molar-refractivity contribution in [3.63, 3.8) is 0 Å². The van der Waals surface area contributed by atoms with Crippen molar-refractivity contribution in [2.75, 3.05) is 11.5 Å². The number of hydrogen-bond acceptors (Lipinski definition) is 2. The Bertz CT molecular complexity index is 508. The predicted octanol–water partition coefficient (Wildman–Crippen LogP) is 3.01. The SMILES string of the molecule is Nc1ccc(S(=O)CCCc2ccccc2)cc1. The van der Waals surface area contributed by atoms with Gasteiger partial charge in [-0.3, -0.25) is 4.21 Å². The highest BCUT2D eigenvalue weighted by Gasteiger charge is 2.03. The first kappa shape index (κ1) is 12.8. The van der Waals surface area contributed by atoms with Crippen LogP contribution in [0.15, 0.2) is 59.5 Å². The van der Waals surface area contributed by atoms with E-state index in [4.69, 9.17) is 5.73 Å². The molecule has 0 spiro atoms. The summed E-state index contributed by atoms with van der Waals surface area (Å²) in [5.41, 5.74) is 7.61. The topological polar surface area (TPSA) is 43.1 Å². The minimum Gasteiger partial charge on any atom is -0.399 e. The van der Waals surface area contributed by atoms with Crippen molar-refractivity contribution in [1.82, 2.24) is 0 Å². The molecule has 3 heteroatoms. The van der Waals surface area contributed by atoms with Crippen LogP contribution in [0.25, 0.3) is 0 Å². The van der Waals surface area contributed by atoms with E-state index >= 15 is 0 Å². The van der Waals surface area contributed by atoms with E-state index in [2.05, 4.69) is 12.1 Å². The molecule has 0 aliphatic rings. The largest absolute Gasteiger partial charge is 0.399 e. The number of rotatable bonds is 5. The summed E-state index contributed by atoms with van der Waals surface area (Å²) in [6.07, 6.45) is 1.91. The van der Waals surface area contributed by atoms with E-state index in [1.165, 1.54) is 5.56 Å². The summed E-state index contributed by atoms with van der Waals surface area (Å²) in [5, 5.41) is 0. The highest BCUT2D eigenvalue weighted by molar-refractivity contribution is 7.85. The van der Waals surface area contributed by atoms with Crippen molar-refractivity contribution in [2.45, 2.75) is 17.7 Å². The monoisotopic (exact) mass is 259 g/mol. The molecule has 0 saturated heterocycles. The summed E-state index contributed by atoms with van der Waals surface area (Å²) >= 11 is 0. The fourth-order valence-corrected chi connectivity index (χ4v) is 2.87. The summed E-state index contributed by atoms with van der Waals surface area (Å²) in [6, 6.07) is 17.6. The molecule has 18 heavy (non-hydrogen) atoms. The molecule has 2 nitrogen and oxygen atoms in total. The molecule has 0 aliphatic carbocycles. The molecule has 0 radical (unpaired) electrons. The lowest BCUT2D eigenvalue weighted by atomic mass is 10.1. The number of hydrogen-bond donors (Lipinski definition) is 1. The van der Waals surface area contributed by atoms with Crippen molar-refractivity contribution in [1.29, 1.82) is 0 Å². The van der Waals surface area contributed by atoms with Crippen molar-refractivity contribution in [3.8, 4) is 0 Å². The van der Waals surface area contributed by atoms with Crippen LogP contribution in [0, 0.1) is 0 Å². The Balaban J connectivity index is 1.84. The molecule has 0 fully saturated rings. The van der Waals surface area contributed by atoms with Crippen LogP contribution in [0.5, 0.6) is 0 Å². The molecule has 1 unspecified atom stereocenters. The van der Waals surface area contributed by atoms with Crippen molar-refractivity contribution < 1.29 is 4.21 Å². The van der Waals surface area contributed by atoms with Crippen LogP contribution >= 0.6 is 0 Å². The first-order valence-electron chi connectivity index (χ1n) is 6.03. The molecule has 2 aromatic carbocycles. The molecule has 0 bridgehead atoms. The lowest BCUT2D eigenvalue weighted by molar-refractivity contribution is 0.680. The highest BCUT2D eigenvalue weighted by atomic mass is 32.2. The van der Waals surface area contributed by atoms with Gasteiger partial charge in [-0.05, 0) is 42.7 Å². The van der Waals surface area contributed by atoms with E-state index in [1.54, 1.807) is 12.1 Å². The maximum atomic E-state index is 12.0. The van der Waals surface area contributed by atoms with Gasteiger partial charge in [-0.15, -0.1) is 0 Å². The highest BCUT2D eigenvalue weighted by Crippen LogP contribution is 2.12. The van der Waals surface area contributed by atoms with Gasteiger partial charge in [0.1, 0.15) is 0 Å². The lowest BCUT2D eigenvalue weighted by Crippen LogP contribution is -2.00. The van der Waals surface area contributed by atoms with Crippen LogP contribution < -0.4 is 5.73 Å². The molecular weight excluding hydrogens is 242 g/mol. The van der Waals surface area contributed by atoms with Crippen molar-refractivity contribution >= 4 is 16.5 Å². The zero-order chi connectivity index (χ0) is 12.8. The molecule has 94 valence electrons. The number of nitrogen functional groups attached to an aromatic ring is 1. The molecule has 2 aromatic rings. The molecule has 0 aromatic heterocycles. The van der Waals surface area contributed by atoms with Crippen LogP contribution in [0.4, 0.5) is 5.69 Å². The van der Waals surface area contributed by atoms with Crippen LogP contribution in [-0.2, 0) is 17.2 Å². The van der Waals surface area contributed by atoms with Gasteiger partial charge in [0.2, 0.25) is 0 Å². The van der Waals surface area contributed by atoms with Crippen LogP contribution in [0.3, 0.4) is 0 Å². The molecule has 2 N–H and O–H groups in total. The van der Waals surface area contributed by atoms with E-state index in [1.807, 2.05) is 30.3 Å². The first-order valence-corrected chi connectivity index (χ1v) is 7.35. The Hall–Kier alpha value is -1.61. The molecule has 0 heterocycles. The van der Waals surface area contributed by atoms with E-state index in [-0.39, 0.29) is 0 Å². The van der Waals surface area contributed by atoms with Gasteiger partial charge in [0.25, 0.3) is 0 Å². The van der Waals surface area contributed by atoms with Gasteiger partial charge in [0, 0.05) is 16.3 Å². The van der Waals surface area contributed by atoms with Gasteiger partial charge in [-0.25, -0.2) is 0 Å². The zero-order valence-electron chi connectivity index (χ0n) is 10.2. The van der Waals surface area contributed by atoms with E-state index in [0.29, 0.717) is 11.4 Å². The average Bonchev–Trinajstić information content (AvgIpc) is 2.40. The van der Waals surface area contributed by atoms with Gasteiger partial charge < -0.3 is 5.73 Å². The number of nitrogens with two attached hydrogens (primary N) is 1. The Labute approximate surface area is 110 Å². The average molecular weight is 259 g/mol. The maximum Gasteiger partial charge on any atom is 0.0529 e. The number of anilines is 1. The zero-order valence-corrected chi connectivity index (χ0v) is 11.0. The maximum absolute atomic E-state index is 12.0. The Kier molecular flexibility index (Phi) is 4.53. The molecule has 0 amide bonds. The normalized spacial score (nSPS) is 12.2. The van der Waals surface area contributed by atoms with Crippen molar-refractivity contribution in [3.05, 3.63) is 60.2 Å². The van der Waals surface area contributed by atoms with E-state index in [0.717, 1.165) is 17.7 Å². The van der Waals surface area contributed by atoms with Gasteiger partial charge in [-0.2, -0.15) is 0 Å². The predicted molar refractivity (Wildman–Crippen MR) is 76.9 cm³/mol. The third-order valence-corrected chi connectivity index (χ3v) is 4.24. The number of benzene rings is 2. The molecule has 0 saturated carbocycles. The molecule has 0 aliphatic heterocycles. The lowest BCUT2D eigenvalue weighted by Gasteiger charge is -2.03. The minimum absolute atomic E-state index is 0.693. The smallest absolute Gasteiger partial charge is 0.0529 e. The van der Waals surface area contributed by atoms with Gasteiger partial charge in [0.15, 0.2) is 0 Å². The summed E-state index contributed by atoms with van der Waals surface area (Å²) in [6.45, 7) is 0. The third-order valence-electron chi connectivity index (χ3n) is 2.78. The van der Waals surface area contributed by atoms with E-state index < -0.39 is 10.8 Å². The summed E-state index contributed by atoms with van der Waals surface area (Å²) < 4.78 is 12.0. The molecule has 1 atom stereocenters. The van der Waals surface area contributed by atoms with Crippen LogP contribution in [0.2, 0.25) is 0 Å². The standard InChI is InChI=1S/C15H17NOS/c16-14-8-10-15(11-9-14)18(17)12-4-7-13-5-2-1-3-6-13/h1-3,5-6,8-11H,4,7,12,16H2.